The molecule has 8 nitrogen and oxygen atoms in total. The van der Waals surface area contributed by atoms with Gasteiger partial charge in [-0.3, -0.25) is 9.36 Å². The normalized spacial score (nSPS) is 10.5. The van der Waals surface area contributed by atoms with Crippen LogP contribution in [0.15, 0.2) is 22.1 Å². The van der Waals surface area contributed by atoms with Gasteiger partial charge in [0.05, 0.1) is 18.6 Å². The molecule has 2 aromatic heterocycles. The van der Waals surface area contributed by atoms with Crippen molar-refractivity contribution in [3.8, 4) is 0 Å². The van der Waals surface area contributed by atoms with Gasteiger partial charge < -0.3 is 10.3 Å². The first kappa shape index (κ1) is 11.1. The first-order chi connectivity index (χ1) is 8.09. The molecule has 0 atom stereocenters. The molecule has 17 heavy (non-hydrogen) atoms. The van der Waals surface area contributed by atoms with Crippen LogP contribution in [0.3, 0.4) is 0 Å². The van der Waals surface area contributed by atoms with Gasteiger partial charge in [0.2, 0.25) is 5.82 Å². The number of anilines is 1. The Morgan fingerprint density at radius 2 is 2.18 bits per heavy atom. The summed E-state index contributed by atoms with van der Waals surface area (Å²) in [6, 6.07) is 0. The predicted octanol–water partition coefficient (Wildman–Crippen LogP) is -1.19. The Labute approximate surface area is 95.9 Å². The van der Waals surface area contributed by atoms with E-state index in [0.29, 0.717) is 6.54 Å². The first-order valence-electron chi connectivity index (χ1n) is 4.95. The van der Waals surface area contributed by atoms with Gasteiger partial charge in [-0.2, -0.15) is 0 Å². The third-order valence-electron chi connectivity index (χ3n) is 2.32. The SMILES string of the molecule is Cn1nc(NCc2cnc[nH]2)c(=O)n(C)c1=O. The second-order valence-corrected chi connectivity index (χ2v) is 3.55. The summed E-state index contributed by atoms with van der Waals surface area (Å²) in [7, 11) is 2.90. The molecule has 0 aromatic carbocycles. The van der Waals surface area contributed by atoms with Gasteiger partial charge in [0.1, 0.15) is 0 Å². The lowest BCUT2D eigenvalue weighted by molar-refractivity contribution is 0.604. The molecule has 0 saturated carbocycles. The molecule has 0 bridgehead atoms. The Morgan fingerprint density at radius 1 is 1.41 bits per heavy atom. The highest BCUT2D eigenvalue weighted by atomic mass is 16.2. The van der Waals surface area contributed by atoms with E-state index in [0.717, 1.165) is 14.9 Å². The number of hydrogen-bond acceptors (Lipinski definition) is 5. The minimum atomic E-state index is -0.456. The zero-order valence-electron chi connectivity index (χ0n) is 9.47. The zero-order valence-corrected chi connectivity index (χ0v) is 9.47. The van der Waals surface area contributed by atoms with Crippen molar-refractivity contribution in [1.29, 1.82) is 0 Å². The molecule has 2 N–H and O–H groups in total. The molecular weight excluding hydrogens is 224 g/mol. The van der Waals surface area contributed by atoms with Crippen LogP contribution in [0.4, 0.5) is 5.82 Å². The van der Waals surface area contributed by atoms with Gasteiger partial charge in [-0.25, -0.2) is 14.5 Å². The molecular formula is C9H12N6O2. The summed E-state index contributed by atoms with van der Waals surface area (Å²) in [5.74, 6) is 0.129. The Hall–Kier alpha value is -2.38. The highest BCUT2D eigenvalue weighted by Gasteiger charge is 2.07. The lowest BCUT2D eigenvalue weighted by Crippen LogP contribution is -2.39. The second-order valence-electron chi connectivity index (χ2n) is 3.55. The molecule has 8 heteroatoms. The van der Waals surface area contributed by atoms with Gasteiger partial charge in [-0.15, -0.1) is 5.10 Å². The maximum absolute atomic E-state index is 11.7. The molecule has 0 radical (unpaired) electrons. The van der Waals surface area contributed by atoms with Crippen molar-refractivity contribution in [3.05, 3.63) is 39.1 Å². The van der Waals surface area contributed by atoms with Crippen molar-refractivity contribution in [3.63, 3.8) is 0 Å². The first-order valence-corrected chi connectivity index (χ1v) is 4.95. The highest BCUT2D eigenvalue weighted by molar-refractivity contribution is 5.30. The number of nitrogens with one attached hydrogen (secondary N) is 2. The van der Waals surface area contributed by atoms with E-state index in [9.17, 15) is 9.59 Å². The Balaban J connectivity index is 2.28. The standard InChI is InChI=1S/C9H12N6O2/c1-14-8(16)7(13-15(2)9(14)17)11-4-6-3-10-5-12-6/h3,5H,4H2,1-2H3,(H,10,12)(H,11,13). The summed E-state index contributed by atoms with van der Waals surface area (Å²) in [4.78, 5) is 29.8. The minimum Gasteiger partial charge on any atom is -0.358 e. The number of aromatic amines is 1. The molecule has 0 fully saturated rings. The predicted molar refractivity (Wildman–Crippen MR) is 60.6 cm³/mol. The summed E-state index contributed by atoms with van der Waals surface area (Å²) >= 11 is 0. The Bertz CT molecular complexity index is 624. The fourth-order valence-electron chi connectivity index (χ4n) is 1.37. The largest absolute Gasteiger partial charge is 0.358 e. The Morgan fingerprint density at radius 3 is 2.82 bits per heavy atom. The van der Waals surface area contributed by atoms with Crippen LogP contribution in [0.2, 0.25) is 0 Å². The van der Waals surface area contributed by atoms with Crippen LogP contribution in [0.5, 0.6) is 0 Å². The molecule has 2 rings (SSSR count). The van der Waals surface area contributed by atoms with E-state index in [4.69, 9.17) is 0 Å². The molecule has 0 amide bonds. The molecule has 2 heterocycles. The highest BCUT2D eigenvalue weighted by Crippen LogP contribution is 1.95. The maximum atomic E-state index is 11.7. The molecule has 2 aromatic rings. The minimum absolute atomic E-state index is 0.129. The third-order valence-corrected chi connectivity index (χ3v) is 2.32. The van der Waals surface area contributed by atoms with Crippen LogP contribution in [-0.2, 0) is 20.6 Å². The topological polar surface area (TPSA) is 97.6 Å². The third kappa shape index (κ3) is 2.10. The number of H-pyrrole nitrogens is 1. The van der Waals surface area contributed by atoms with E-state index in [2.05, 4.69) is 20.4 Å². The van der Waals surface area contributed by atoms with Gasteiger partial charge >= 0.3 is 5.69 Å². The number of nitrogens with zero attached hydrogens (tertiary/aromatic N) is 4. The van der Waals surface area contributed by atoms with Crippen LogP contribution in [-0.4, -0.2) is 24.3 Å². The molecule has 0 unspecified atom stereocenters. The van der Waals surface area contributed by atoms with Crippen LogP contribution < -0.4 is 16.6 Å². The van der Waals surface area contributed by atoms with E-state index >= 15 is 0 Å². The van der Waals surface area contributed by atoms with Crippen molar-refractivity contribution in [2.24, 2.45) is 14.1 Å². The molecule has 0 aliphatic carbocycles. The van der Waals surface area contributed by atoms with E-state index in [1.807, 2.05) is 0 Å². The van der Waals surface area contributed by atoms with Gasteiger partial charge in [-0.1, -0.05) is 0 Å². The van der Waals surface area contributed by atoms with Gasteiger partial charge in [0.15, 0.2) is 0 Å². The van der Waals surface area contributed by atoms with Crippen molar-refractivity contribution in [2.75, 3.05) is 5.32 Å². The fourth-order valence-corrected chi connectivity index (χ4v) is 1.37. The number of aryl methyl sites for hydroxylation is 1. The molecule has 0 aliphatic heterocycles. The van der Waals surface area contributed by atoms with Gasteiger partial charge in [0.25, 0.3) is 5.56 Å². The lowest BCUT2D eigenvalue weighted by Gasteiger charge is -2.06. The van der Waals surface area contributed by atoms with Gasteiger partial charge in [-0.05, 0) is 0 Å². The van der Waals surface area contributed by atoms with Gasteiger partial charge in [0, 0.05) is 20.3 Å². The van der Waals surface area contributed by atoms with E-state index in [-0.39, 0.29) is 5.82 Å². The summed E-state index contributed by atoms with van der Waals surface area (Å²) in [5, 5.41) is 6.71. The molecule has 0 aliphatic rings. The monoisotopic (exact) mass is 236 g/mol. The maximum Gasteiger partial charge on any atom is 0.346 e. The number of aromatic nitrogens is 5. The fraction of sp³-hybridized carbons (Fsp3) is 0.333. The average molecular weight is 236 g/mol. The van der Waals surface area contributed by atoms with E-state index < -0.39 is 11.2 Å². The zero-order chi connectivity index (χ0) is 12.4. The van der Waals surface area contributed by atoms with Crippen molar-refractivity contribution < 1.29 is 0 Å². The molecule has 0 saturated heterocycles. The number of rotatable bonds is 3. The summed E-state index contributed by atoms with van der Waals surface area (Å²) in [5.41, 5.74) is -0.0857. The van der Waals surface area contributed by atoms with Crippen LogP contribution in [0.1, 0.15) is 5.69 Å². The van der Waals surface area contributed by atoms with Crippen molar-refractivity contribution in [2.45, 2.75) is 6.54 Å². The lowest BCUT2D eigenvalue weighted by atomic mass is 10.4. The number of imidazole rings is 1. The van der Waals surface area contributed by atoms with Crippen molar-refractivity contribution >= 4 is 5.82 Å². The second kappa shape index (κ2) is 4.24. The Kier molecular flexibility index (Phi) is 2.77. The molecule has 90 valence electrons. The van der Waals surface area contributed by atoms with Crippen LogP contribution in [0.25, 0.3) is 0 Å². The molecule has 0 spiro atoms. The quantitative estimate of drug-likeness (QED) is 0.698. The van der Waals surface area contributed by atoms with Crippen LogP contribution >= 0.6 is 0 Å². The summed E-state index contributed by atoms with van der Waals surface area (Å²) < 4.78 is 2.11. The summed E-state index contributed by atoms with van der Waals surface area (Å²) in [6.45, 7) is 0.389. The van der Waals surface area contributed by atoms with Crippen LogP contribution in [0, 0.1) is 0 Å². The van der Waals surface area contributed by atoms with E-state index in [1.54, 1.807) is 12.5 Å². The number of hydrogen-bond donors (Lipinski definition) is 2. The summed E-state index contributed by atoms with van der Waals surface area (Å²) in [6.07, 6.45) is 3.18. The average Bonchev–Trinajstić information content (AvgIpc) is 2.82. The van der Waals surface area contributed by atoms with Crippen molar-refractivity contribution in [1.82, 2.24) is 24.3 Å². The smallest absolute Gasteiger partial charge is 0.346 e. The van der Waals surface area contributed by atoms with E-state index in [1.165, 1.54) is 14.1 Å².